The molecule has 2 rings (SSSR count). The zero-order chi connectivity index (χ0) is 21.8. The van der Waals surface area contributed by atoms with Crippen molar-refractivity contribution in [3.8, 4) is 5.75 Å². The maximum Gasteiger partial charge on any atom is 0.410 e. The fraction of sp³-hybridized carbons (Fsp3) is 0.421. The number of hydrogen-bond acceptors (Lipinski definition) is 5. The number of carbonyl (C=O) groups excluding carboxylic acids is 1. The molecule has 7 nitrogen and oxygen atoms in total. The molecule has 2 aromatic rings. The number of alkyl halides is 1. The molecule has 0 saturated heterocycles. The topological polar surface area (TPSA) is 77.8 Å². The number of rotatable bonds is 7. The van der Waals surface area contributed by atoms with Crippen molar-refractivity contribution >= 4 is 32.0 Å². The normalized spacial score (nSPS) is 11.9. The molecule has 1 amide bonds. The van der Waals surface area contributed by atoms with Crippen molar-refractivity contribution in [2.75, 3.05) is 20.3 Å². The second-order valence-corrected chi connectivity index (χ2v) is 9.95. The number of aromatic nitrogens is 1. The highest BCUT2D eigenvalue weighted by atomic mass is 79.9. The average molecular weight is 491 g/mol. The smallest absolute Gasteiger partial charge is 0.410 e. The van der Waals surface area contributed by atoms with Gasteiger partial charge in [0, 0.05) is 19.3 Å². The molecule has 0 spiro atoms. The van der Waals surface area contributed by atoms with Crippen LogP contribution in [-0.2, 0) is 21.3 Å². The second kappa shape index (κ2) is 9.17. The number of halogens is 2. The Morgan fingerprint density at radius 1 is 1.28 bits per heavy atom. The molecule has 0 atom stereocenters. The summed E-state index contributed by atoms with van der Waals surface area (Å²) >= 11 is 3.25. The van der Waals surface area contributed by atoms with Crippen LogP contribution in [0.4, 0.5) is 9.18 Å². The lowest BCUT2D eigenvalue weighted by atomic mass is 10.2. The van der Waals surface area contributed by atoms with Gasteiger partial charge in [0.05, 0.1) is 11.4 Å². The third-order valence-electron chi connectivity index (χ3n) is 3.63. The Hall–Kier alpha value is -2.07. The van der Waals surface area contributed by atoms with Crippen LogP contribution in [0.25, 0.3) is 0 Å². The molecule has 0 radical (unpaired) electrons. The lowest BCUT2D eigenvalue weighted by Gasteiger charge is -2.24. The van der Waals surface area contributed by atoms with Gasteiger partial charge in [-0.1, -0.05) is 6.07 Å². The van der Waals surface area contributed by atoms with Gasteiger partial charge in [-0.15, -0.1) is 0 Å². The van der Waals surface area contributed by atoms with Crippen molar-refractivity contribution in [2.24, 2.45) is 0 Å². The first kappa shape index (κ1) is 23.2. The Bertz CT molecular complexity index is 969. The molecular formula is C19H24BrFN2O5S. The van der Waals surface area contributed by atoms with Gasteiger partial charge in [0.1, 0.15) is 29.2 Å². The van der Waals surface area contributed by atoms with E-state index in [2.05, 4.69) is 15.9 Å². The molecule has 1 aromatic carbocycles. The van der Waals surface area contributed by atoms with Crippen molar-refractivity contribution in [3.63, 3.8) is 0 Å². The summed E-state index contributed by atoms with van der Waals surface area (Å²) in [7, 11) is -2.35. The van der Waals surface area contributed by atoms with E-state index in [0.717, 1.165) is 3.97 Å². The highest BCUT2D eigenvalue weighted by Crippen LogP contribution is 2.26. The van der Waals surface area contributed by atoms with Gasteiger partial charge in [-0.2, -0.15) is 0 Å². The zero-order valence-electron chi connectivity index (χ0n) is 16.7. The van der Waals surface area contributed by atoms with E-state index in [-0.39, 0.29) is 23.8 Å². The Labute approximate surface area is 178 Å². The van der Waals surface area contributed by atoms with Crippen LogP contribution < -0.4 is 4.74 Å². The zero-order valence-corrected chi connectivity index (χ0v) is 19.1. The fourth-order valence-electron chi connectivity index (χ4n) is 2.41. The van der Waals surface area contributed by atoms with Crippen molar-refractivity contribution in [1.82, 2.24) is 8.87 Å². The SMILES string of the molecule is CN(Cc1cc(Br)n(S(=O)(=O)c2cccc(OCCF)c2)c1)C(=O)OC(C)(C)C. The number of carbonyl (C=O) groups is 1. The molecule has 0 fully saturated rings. The highest BCUT2D eigenvalue weighted by Gasteiger charge is 2.23. The molecule has 0 saturated carbocycles. The predicted octanol–water partition coefficient (Wildman–Crippen LogP) is 4.20. The molecule has 10 heteroatoms. The third kappa shape index (κ3) is 6.20. The molecule has 0 aliphatic heterocycles. The molecule has 0 bridgehead atoms. The van der Waals surface area contributed by atoms with Gasteiger partial charge in [0.15, 0.2) is 0 Å². The molecule has 29 heavy (non-hydrogen) atoms. The number of hydrogen-bond donors (Lipinski definition) is 0. The van der Waals surface area contributed by atoms with Crippen LogP contribution in [0.15, 0.2) is 46.0 Å². The Balaban J connectivity index is 2.24. The maximum absolute atomic E-state index is 13.0. The van der Waals surface area contributed by atoms with Crippen LogP contribution in [0, 0.1) is 0 Å². The van der Waals surface area contributed by atoms with Crippen LogP contribution in [0.5, 0.6) is 5.75 Å². The number of benzene rings is 1. The summed E-state index contributed by atoms with van der Waals surface area (Å²) in [4.78, 5) is 13.5. The minimum atomic E-state index is -3.92. The molecular weight excluding hydrogens is 467 g/mol. The Morgan fingerprint density at radius 2 is 1.97 bits per heavy atom. The van der Waals surface area contributed by atoms with E-state index in [4.69, 9.17) is 9.47 Å². The molecule has 0 unspecified atom stereocenters. The van der Waals surface area contributed by atoms with Gasteiger partial charge in [0.25, 0.3) is 10.0 Å². The van der Waals surface area contributed by atoms with Crippen molar-refractivity contribution in [1.29, 1.82) is 0 Å². The average Bonchev–Trinajstić information content (AvgIpc) is 2.99. The first-order valence-corrected chi connectivity index (χ1v) is 11.0. The largest absolute Gasteiger partial charge is 0.491 e. The van der Waals surface area contributed by atoms with Gasteiger partial charge in [-0.25, -0.2) is 21.6 Å². The molecule has 0 aliphatic rings. The van der Waals surface area contributed by atoms with Crippen molar-refractivity contribution in [3.05, 3.63) is 46.7 Å². The third-order valence-corrected chi connectivity index (χ3v) is 6.15. The first-order chi connectivity index (χ1) is 13.4. The van der Waals surface area contributed by atoms with E-state index < -0.39 is 28.4 Å². The van der Waals surface area contributed by atoms with Crippen LogP contribution in [0.1, 0.15) is 26.3 Å². The van der Waals surface area contributed by atoms with E-state index in [1.807, 2.05) is 0 Å². The Kier molecular flexibility index (Phi) is 7.34. The number of nitrogens with zero attached hydrogens (tertiary/aromatic N) is 2. The maximum atomic E-state index is 13.0. The molecule has 0 aliphatic carbocycles. The number of amides is 1. The van der Waals surface area contributed by atoms with Crippen LogP contribution in [0.3, 0.4) is 0 Å². The molecule has 1 aromatic heterocycles. The monoisotopic (exact) mass is 490 g/mol. The predicted molar refractivity (Wildman–Crippen MR) is 110 cm³/mol. The molecule has 160 valence electrons. The van der Waals surface area contributed by atoms with E-state index >= 15 is 0 Å². The second-order valence-electron chi connectivity index (χ2n) is 7.32. The van der Waals surface area contributed by atoms with E-state index in [1.165, 1.54) is 29.3 Å². The quantitative estimate of drug-likeness (QED) is 0.580. The van der Waals surface area contributed by atoms with Crippen LogP contribution >= 0.6 is 15.9 Å². The minimum absolute atomic E-state index is 0.00259. The summed E-state index contributed by atoms with van der Waals surface area (Å²) in [6.07, 6.45) is 0.914. The molecule has 1 heterocycles. The first-order valence-electron chi connectivity index (χ1n) is 8.79. The van der Waals surface area contributed by atoms with Gasteiger partial charge >= 0.3 is 6.09 Å². The summed E-state index contributed by atoms with van der Waals surface area (Å²) in [6.45, 7) is 4.64. The Morgan fingerprint density at radius 3 is 2.59 bits per heavy atom. The van der Waals surface area contributed by atoms with Crippen LogP contribution in [0.2, 0.25) is 0 Å². The summed E-state index contributed by atoms with van der Waals surface area (Å²) in [6, 6.07) is 7.46. The summed E-state index contributed by atoms with van der Waals surface area (Å²) in [5.41, 5.74) is -0.0326. The lowest BCUT2D eigenvalue weighted by molar-refractivity contribution is 0.0285. The summed E-state index contributed by atoms with van der Waals surface area (Å²) < 4.78 is 50.1. The van der Waals surface area contributed by atoms with E-state index in [9.17, 15) is 17.6 Å². The van der Waals surface area contributed by atoms with Gasteiger partial charge in [0.2, 0.25) is 0 Å². The van der Waals surface area contributed by atoms with Crippen molar-refractivity contribution in [2.45, 2.75) is 37.8 Å². The highest BCUT2D eigenvalue weighted by molar-refractivity contribution is 9.10. The van der Waals surface area contributed by atoms with Gasteiger partial charge in [-0.05, 0) is 60.5 Å². The lowest BCUT2D eigenvalue weighted by Crippen LogP contribution is -2.33. The van der Waals surface area contributed by atoms with E-state index in [0.29, 0.717) is 10.2 Å². The van der Waals surface area contributed by atoms with E-state index in [1.54, 1.807) is 40.0 Å². The summed E-state index contributed by atoms with van der Waals surface area (Å²) in [5.74, 6) is 0.261. The minimum Gasteiger partial charge on any atom is -0.491 e. The van der Waals surface area contributed by atoms with Crippen molar-refractivity contribution < 1.29 is 27.1 Å². The standard InChI is InChI=1S/C19H24BrFN2O5S/c1-19(2,3)28-18(24)22(4)12-14-10-17(20)23(13-14)29(25,26)16-7-5-6-15(11-16)27-9-8-21/h5-7,10-11,13H,8-9,12H2,1-4H3. The van der Waals surface area contributed by atoms with Gasteiger partial charge < -0.3 is 14.4 Å². The molecule has 0 N–H and O–H groups in total. The van der Waals surface area contributed by atoms with Crippen LogP contribution in [-0.4, -0.2) is 49.3 Å². The van der Waals surface area contributed by atoms with Gasteiger partial charge in [-0.3, -0.25) is 0 Å². The number of ether oxygens (including phenoxy) is 2. The summed E-state index contributed by atoms with van der Waals surface area (Å²) in [5, 5.41) is 0. The fourth-order valence-corrected chi connectivity index (χ4v) is 4.68.